The molecule has 0 aliphatic carbocycles. The van der Waals surface area contributed by atoms with Crippen LogP contribution in [-0.2, 0) is 6.54 Å². The van der Waals surface area contributed by atoms with Gasteiger partial charge in [-0.1, -0.05) is 12.1 Å². The molecule has 1 aromatic heterocycles. The molecule has 5 heteroatoms. The summed E-state index contributed by atoms with van der Waals surface area (Å²) in [6.07, 6.45) is 7.50. The third-order valence-electron chi connectivity index (χ3n) is 4.94. The van der Waals surface area contributed by atoms with Crippen molar-refractivity contribution in [1.29, 1.82) is 0 Å². The maximum atomic E-state index is 12.6. The Bertz CT molecular complexity index is 881. The van der Waals surface area contributed by atoms with Crippen molar-refractivity contribution in [2.75, 3.05) is 23.3 Å². The number of piperidine rings is 1. The van der Waals surface area contributed by atoms with E-state index in [9.17, 15) is 4.79 Å². The van der Waals surface area contributed by atoms with E-state index in [4.69, 9.17) is 0 Å². The number of hydrogen-bond acceptors (Lipinski definition) is 3. The van der Waals surface area contributed by atoms with Gasteiger partial charge in [-0.05, 0) is 67.3 Å². The largest absolute Gasteiger partial charge is 0.372 e. The second-order valence-corrected chi connectivity index (χ2v) is 6.95. The van der Waals surface area contributed by atoms with Crippen LogP contribution in [0, 0.1) is 0 Å². The molecule has 1 saturated heterocycles. The van der Waals surface area contributed by atoms with Crippen LogP contribution < -0.4 is 10.2 Å². The predicted octanol–water partition coefficient (Wildman–Crippen LogP) is 4.17. The van der Waals surface area contributed by atoms with Crippen molar-refractivity contribution in [2.45, 2.75) is 25.8 Å². The number of amides is 1. The van der Waals surface area contributed by atoms with Gasteiger partial charge in [0.15, 0.2) is 0 Å². The Morgan fingerprint density at radius 2 is 1.81 bits per heavy atom. The van der Waals surface area contributed by atoms with Gasteiger partial charge in [-0.25, -0.2) is 0 Å². The zero-order valence-corrected chi connectivity index (χ0v) is 15.3. The van der Waals surface area contributed by atoms with Crippen LogP contribution in [0.25, 0.3) is 0 Å². The van der Waals surface area contributed by atoms with Crippen molar-refractivity contribution in [3.63, 3.8) is 0 Å². The highest BCUT2D eigenvalue weighted by atomic mass is 16.1. The molecule has 138 valence electrons. The molecule has 2 heterocycles. The highest BCUT2D eigenvalue weighted by molar-refractivity contribution is 6.04. The second-order valence-electron chi connectivity index (χ2n) is 6.95. The van der Waals surface area contributed by atoms with Crippen LogP contribution in [0.2, 0.25) is 0 Å². The second kappa shape index (κ2) is 8.08. The molecule has 1 N–H and O–H groups in total. The van der Waals surface area contributed by atoms with Gasteiger partial charge in [-0.15, -0.1) is 0 Å². The standard InChI is InChI=1S/C22H24N4O/c27-22(19-8-10-21(11-9-19)25-13-2-1-3-14-25)24-20-7-4-6-18(16-20)17-26-15-5-12-23-26/h4-12,15-16H,1-3,13-14,17H2,(H,24,27). The molecule has 4 rings (SSSR count). The van der Waals surface area contributed by atoms with Crippen molar-refractivity contribution in [2.24, 2.45) is 0 Å². The lowest BCUT2D eigenvalue weighted by atomic mass is 10.1. The van der Waals surface area contributed by atoms with E-state index in [-0.39, 0.29) is 5.91 Å². The Hall–Kier alpha value is -3.08. The minimum absolute atomic E-state index is 0.0866. The van der Waals surface area contributed by atoms with Crippen molar-refractivity contribution in [1.82, 2.24) is 9.78 Å². The molecule has 2 aromatic carbocycles. The summed E-state index contributed by atoms with van der Waals surface area (Å²) in [5.41, 5.74) is 3.77. The normalized spacial score (nSPS) is 14.1. The molecule has 0 unspecified atom stereocenters. The summed E-state index contributed by atoms with van der Waals surface area (Å²) >= 11 is 0. The Kier molecular flexibility index (Phi) is 5.19. The molecule has 1 amide bonds. The maximum Gasteiger partial charge on any atom is 0.255 e. The van der Waals surface area contributed by atoms with Crippen LogP contribution in [0.1, 0.15) is 35.2 Å². The monoisotopic (exact) mass is 360 g/mol. The summed E-state index contributed by atoms with van der Waals surface area (Å²) in [6, 6.07) is 17.7. The Morgan fingerprint density at radius 3 is 2.56 bits per heavy atom. The average Bonchev–Trinajstić information content (AvgIpc) is 3.22. The first-order valence-corrected chi connectivity index (χ1v) is 9.51. The number of carbonyl (C=O) groups excluding carboxylic acids is 1. The number of carbonyl (C=O) groups is 1. The summed E-state index contributed by atoms with van der Waals surface area (Å²) in [4.78, 5) is 15.0. The molecule has 1 aliphatic rings. The number of nitrogens with one attached hydrogen (secondary N) is 1. The number of rotatable bonds is 5. The number of nitrogens with zero attached hydrogens (tertiary/aromatic N) is 3. The third kappa shape index (κ3) is 4.37. The predicted molar refractivity (Wildman–Crippen MR) is 108 cm³/mol. The fraction of sp³-hybridized carbons (Fsp3) is 0.273. The lowest BCUT2D eigenvalue weighted by molar-refractivity contribution is 0.102. The van der Waals surface area contributed by atoms with E-state index in [0.717, 1.165) is 24.3 Å². The number of hydrogen-bond donors (Lipinski definition) is 1. The molecule has 0 radical (unpaired) electrons. The van der Waals surface area contributed by atoms with E-state index in [1.54, 1.807) is 6.20 Å². The number of benzene rings is 2. The van der Waals surface area contributed by atoms with Crippen molar-refractivity contribution >= 4 is 17.3 Å². The van der Waals surface area contributed by atoms with E-state index in [1.165, 1.54) is 24.9 Å². The first kappa shape index (κ1) is 17.3. The average molecular weight is 360 g/mol. The van der Waals surface area contributed by atoms with Gasteiger partial charge < -0.3 is 10.2 Å². The van der Waals surface area contributed by atoms with E-state index in [0.29, 0.717) is 12.1 Å². The lowest BCUT2D eigenvalue weighted by Crippen LogP contribution is -2.29. The summed E-state index contributed by atoms with van der Waals surface area (Å²) in [7, 11) is 0. The Morgan fingerprint density at radius 1 is 1.00 bits per heavy atom. The summed E-state index contributed by atoms with van der Waals surface area (Å²) in [5, 5.41) is 7.22. The summed E-state index contributed by atoms with van der Waals surface area (Å²) < 4.78 is 1.86. The van der Waals surface area contributed by atoms with Crippen LogP contribution in [-0.4, -0.2) is 28.8 Å². The van der Waals surface area contributed by atoms with Crippen molar-refractivity contribution in [3.05, 3.63) is 78.1 Å². The summed E-state index contributed by atoms with van der Waals surface area (Å²) in [6.45, 7) is 2.89. The van der Waals surface area contributed by atoms with Crippen LogP contribution in [0.15, 0.2) is 67.0 Å². The molecule has 3 aromatic rings. The van der Waals surface area contributed by atoms with Gasteiger partial charge in [0.25, 0.3) is 5.91 Å². The minimum Gasteiger partial charge on any atom is -0.372 e. The third-order valence-corrected chi connectivity index (χ3v) is 4.94. The maximum absolute atomic E-state index is 12.6. The highest BCUT2D eigenvalue weighted by Crippen LogP contribution is 2.21. The molecule has 5 nitrogen and oxygen atoms in total. The van der Waals surface area contributed by atoms with Crippen LogP contribution >= 0.6 is 0 Å². The molecule has 0 saturated carbocycles. The van der Waals surface area contributed by atoms with Gasteiger partial charge in [0.2, 0.25) is 0 Å². The topological polar surface area (TPSA) is 50.2 Å². The Balaban J connectivity index is 1.41. The molecule has 1 aliphatic heterocycles. The zero-order chi connectivity index (χ0) is 18.5. The molecular formula is C22H24N4O. The van der Waals surface area contributed by atoms with Crippen molar-refractivity contribution in [3.8, 4) is 0 Å². The fourth-order valence-electron chi connectivity index (χ4n) is 3.51. The number of anilines is 2. The molecule has 27 heavy (non-hydrogen) atoms. The lowest BCUT2D eigenvalue weighted by Gasteiger charge is -2.28. The van der Waals surface area contributed by atoms with Gasteiger partial charge in [0, 0.05) is 42.4 Å². The molecule has 0 bridgehead atoms. The SMILES string of the molecule is O=C(Nc1cccc(Cn2cccn2)c1)c1ccc(N2CCCCC2)cc1. The quantitative estimate of drug-likeness (QED) is 0.743. The van der Waals surface area contributed by atoms with Crippen LogP contribution in [0.5, 0.6) is 0 Å². The number of aromatic nitrogens is 2. The Labute approximate surface area is 159 Å². The van der Waals surface area contributed by atoms with Gasteiger partial charge in [-0.2, -0.15) is 5.10 Å². The molecule has 1 fully saturated rings. The first-order chi connectivity index (χ1) is 13.3. The van der Waals surface area contributed by atoms with Crippen LogP contribution in [0.3, 0.4) is 0 Å². The van der Waals surface area contributed by atoms with E-state index < -0.39 is 0 Å². The zero-order valence-electron chi connectivity index (χ0n) is 15.3. The highest BCUT2D eigenvalue weighted by Gasteiger charge is 2.12. The van der Waals surface area contributed by atoms with Gasteiger partial charge in [-0.3, -0.25) is 9.48 Å². The van der Waals surface area contributed by atoms with Gasteiger partial charge >= 0.3 is 0 Å². The van der Waals surface area contributed by atoms with Gasteiger partial charge in [0.1, 0.15) is 0 Å². The van der Waals surface area contributed by atoms with Crippen molar-refractivity contribution < 1.29 is 4.79 Å². The molecular weight excluding hydrogens is 336 g/mol. The minimum atomic E-state index is -0.0866. The van der Waals surface area contributed by atoms with Gasteiger partial charge in [0.05, 0.1) is 6.54 Å². The van der Waals surface area contributed by atoms with E-state index in [1.807, 2.05) is 65.5 Å². The smallest absolute Gasteiger partial charge is 0.255 e. The van der Waals surface area contributed by atoms with Crippen LogP contribution in [0.4, 0.5) is 11.4 Å². The molecule has 0 atom stereocenters. The first-order valence-electron chi connectivity index (χ1n) is 9.51. The summed E-state index contributed by atoms with van der Waals surface area (Å²) in [5.74, 6) is -0.0866. The molecule has 0 spiro atoms. The fourth-order valence-corrected chi connectivity index (χ4v) is 3.51. The van der Waals surface area contributed by atoms with E-state index >= 15 is 0 Å². The van der Waals surface area contributed by atoms with E-state index in [2.05, 4.69) is 15.3 Å².